The summed E-state index contributed by atoms with van der Waals surface area (Å²) in [4.78, 5) is 0. The molecule has 0 radical (unpaired) electrons. The molecule has 2 nitrogen and oxygen atoms in total. The molecule has 0 aliphatic rings. The molecule has 54 valence electrons. The van der Waals surface area contributed by atoms with E-state index >= 15 is 0 Å². The molecule has 1 unspecified atom stereocenters. The van der Waals surface area contributed by atoms with Crippen LogP contribution in [0.4, 0.5) is 0 Å². The molecular weight excluding hydrogens is 152 g/mol. The molecule has 0 aromatic carbocycles. The van der Waals surface area contributed by atoms with Crippen molar-refractivity contribution in [3.63, 3.8) is 0 Å². The van der Waals surface area contributed by atoms with E-state index < -0.39 is 0 Å². The Labute approximate surface area is 71.2 Å². The quantitative estimate of drug-likeness (QED) is 0.598. The zero-order valence-corrected chi connectivity index (χ0v) is 7.36. The summed E-state index contributed by atoms with van der Waals surface area (Å²) in [6.45, 7) is 2.11. The van der Waals surface area contributed by atoms with Crippen LogP contribution in [0.15, 0.2) is 0 Å². The fourth-order valence-electron chi connectivity index (χ4n) is 0.627. The first-order valence-electron chi connectivity index (χ1n) is 3.10. The molecule has 0 aromatic rings. The van der Waals surface area contributed by atoms with Crippen LogP contribution in [-0.2, 0) is 21.7 Å². The van der Waals surface area contributed by atoms with E-state index in [-0.39, 0.29) is 34.4 Å². The first kappa shape index (κ1) is 12.3. The van der Waals surface area contributed by atoms with Crippen LogP contribution in [0.3, 0.4) is 0 Å². The van der Waals surface area contributed by atoms with Crippen molar-refractivity contribution < 1.29 is 31.9 Å². The molecule has 0 spiro atoms. The van der Waals surface area contributed by atoms with Gasteiger partial charge in [-0.3, -0.25) is 0 Å². The fourth-order valence-corrected chi connectivity index (χ4v) is 0.627. The smallest absolute Gasteiger partial charge is 0.0562 e. The minimum Gasteiger partial charge on any atom is -0.396 e. The third kappa shape index (κ3) is 8.63. The van der Waals surface area contributed by atoms with E-state index in [2.05, 4.69) is 0 Å². The summed E-state index contributed by atoms with van der Waals surface area (Å²) in [5.41, 5.74) is 0. The SMILES string of the molecule is CCCC(O)CCO.[Ti]. The van der Waals surface area contributed by atoms with E-state index in [1.165, 1.54) is 0 Å². The molecule has 9 heavy (non-hydrogen) atoms. The Kier molecular flexibility index (Phi) is 11.8. The third-order valence-electron chi connectivity index (χ3n) is 1.08. The van der Waals surface area contributed by atoms with E-state index in [1.54, 1.807) is 0 Å². The van der Waals surface area contributed by atoms with Crippen molar-refractivity contribution in [1.82, 2.24) is 0 Å². The maximum absolute atomic E-state index is 8.89. The molecule has 0 aliphatic carbocycles. The van der Waals surface area contributed by atoms with Crippen molar-refractivity contribution in [2.24, 2.45) is 0 Å². The molecule has 0 amide bonds. The van der Waals surface area contributed by atoms with Gasteiger partial charge in [-0.25, -0.2) is 0 Å². The summed E-state index contributed by atoms with van der Waals surface area (Å²) < 4.78 is 0. The summed E-state index contributed by atoms with van der Waals surface area (Å²) in [6, 6.07) is 0. The van der Waals surface area contributed by atoms with Crippen LogP contribution in [0.1, 0.15) is 26.2 Å². The molecule has 0 saturated heterocycles. The minimum atomic E-state index is -0.287. The number of aliphatic hydroxyl groups is 2. The van der Waals surface area contributed by atoms with Crippen LogP contribution in [-0.4, -0.2) is 22.9 Å². The predicted molar refractivity (Wildman–Crippen MR) is 32.6 cm³/mol. The Hall–Kier alpha value is 0.634. The van der Waals surface area contributed by atoms with Gasteiger partial charge >= 0.3 is 0 Å². The molecule has 3 heteroatoms. The Morgan fingerprint density at radius 3 is 2.22 bits per heavy atom. The van der Waals surface area contributed by atoms with Crippen LogP contribution < -0.4 is 0 Å². The average Bonchev–Trinajstić information content (AvgIpc) is 1.68. The molecule has 1 atom stereocenters. The van der Waals surface area contributed by atoms with Gasteiger partial charge in [0.25, 0.3) is 0 Å². The summed E-state index contributed by atoms with van der Waals surface area (Å²) in [6.07, 6.45) is 2.03. The summed E-state index contributed by atoms with van der Waals surface area (Å²) >= 11 is 0. The van der Waals surface area contributed by atoms with E-state index in [1.807, 2.05) is 6.92 Å². The second kappa shape index (κ2) is 8.63. The summed E-state index contributed by atoms with van der Waals surface area (Å²) in [7, 11) is 0. The van der Waals surface area contributed by atoms with Gasteiger partial charge in [-0.1, -0.05) is 13.3 Å². The fraction of sp³-hybridized carbons (Fsp3) is 1.00. The normalized spacial score (nSPS) is 12.3. The van der Waals surface area contributed by atoms with Gasteiger partial charge in [0.2, 0.25) is 0 Å². The zero-order chi connectivity index (χ0) is 6.41. The van der Waals surface area contributed by atoms with Crippen LogP contribution in [0.25, 0.3) is 0 Å². The standard InChI is InChI=1S/C6H14O2.Ti/c1-2-3-6(8)4-5-7;/h6-8H,2-5H2,1H3;. The van der Waals surface area contributed by atoms with Crippen molar-refractivity contribution in [1.29, 1.82) is 0 Å². The maximum Gasteiger partial charge on any atom is 0.0562 e. The Balaban J connectivity index is 0. The van der Waals surface area contributed by atoms with Crippen LogP contribution in [0.5, 0.6) is 0 Å². The second-order valence-electron chi connectivity index (χ2n) is 1.95. The number of hydrogen-bond donors (Lipinski definition) is 2. The number of aliphatic hydroxyl groups excluding tert-OH is 2. The minimum absolute atomic E-state index is 0. The van der Waals surface area contributed by atoms with Gasteiger partial charge in [-0.05, 0) is 12.8 Å². The van der Waals surface area contributed by atoms with Crippen molar-refractivity contribution in [2.75, 3.05) is 6.61 Å². The first-order valence-corrected chi connectivity index (χ1v) is 3.10. The van der Waals surface area contributed by atoms with Gasteiger partial charge in [-0.15, -0.1) is 0 Å². The molecule has 0 saturated carbocycles. The van der Waals surface area contributed by atoms with Crippen molar-refractivity contribution in [3.8, 4) is 0 Å². The van der Waals surface area contributed by atoms with Crippen LogP contribution >= 0.6 is 0 Å². The molecule has 0 heterocycles. The molecular formula is C6H14O2Ti. The van der Waals surface area contributed by atoms with E-state index in [9.17, 15) is 0 Å². The molecule has 0 fully saturated rings. The molecule has 0 aliphatic heterocycles. The third-order valence-corrected chi connectivity index (χ3v) is 1.08. The maximum atomic E-state index is 8.89. The summed E-state index contributed by atoms with van der Waals surface area (Å²) in [5.74, 6) is 0. The van der Waals surface area contributed by atoms with E-state index in [0.29, 0.717) is 6.42 Å². The van der Waals surface area contributed by atoms with E-state index in [4.69, 9.17) is 10.2 Å². The van der Waals surface area contributed by atoms with Crippen molar-refractivity contribution in [3.05, 3.63) is 0 Å². The van der Waals surface area contributed by atoms with Crippen LogP contribution in [0, 0.1) is 0 Å². The van der Waals surface area contributed by atoms with Gasteiger partial charge in [-0.2, -0.15) is 0 Å². The Morgan fingerprint density at radius 1 is 1.33 bits per heavy atom. The van der Waals surface area contributed by atoms with Crippen LogP contribution in [0.2, 0.25) is 0 Å². The largest absolute Gasteiger partial charge is 0.396 e. The van der Waals surface area contributed by atoms with Gasteiger partial charge in [0.1, 0.15) is 0 Å². The topological polar surface area (TPSA) is 40.5 Å². The van der Waals surface area contributed by atoms with E-state index in [0.717, 1.165) is 12.8 Å². The predicted octanol–water partition coefficient (Wildman–Crippen LogP) is 0.527. The van der Waals surface area contributed by atoms with Gasteiger partial charge in [0.05, 0.1) is 6.10 Å². The molecule has 0 aromatic heterocycles. The Bertz CT molecular complexity index is 44.3. The van der Waals surface area contributed by atoms with Crippen molar-refractivity contribution >= 4 is 0 Å². The average molecular weight is 166 g/mol. The van der Waals surface area contributed by atoms with Crippen molar-refractivity contribution in [2.45, 2.75) is 32.3 Å². The first-order chi connectivity index (χ1) is 3.81. The molecule has 2 N–H and O–H groups in total. The number of rotatable bonds is 4. The number of hydrogen-bond acceptors (Lipinski definition) is 2. The Morgan fingerprint density at radius 2 is 1.89 bits per heavy atom. The summed E-state index contributed by atoms with van der Waals surface area (Å²) in [5, 5.41) is 17.2. The molecule has 0 rings (SSSR count). The second-order valence-corrected chi connectivity index (χ2v) is 1.95. The zero-order valence-electron chi connectivity index (χ0n) is 5.80. The molecule has 0 bridgehead atoms. The monoisotopic (exact) mass is 166 g/mol. The van der Waals surface area contributed by atoms with Gasteiger partial charge in [0, 0.05) is 28.3 Å². The van der Waals surface area contributed by atoms with Gasteiger partial charge in [0.15, 0.2) is 0 Å². The van der Waals surface area contributed by atoms with Gasteiger partial charge < -0.3 is 10.2 Å².